The highest BCUT2D eigenvalue weighted by molar-refractivity contribution is 5.76. The number of hydrogen-bond donors (Lipinski definition) is 1. The highest BCUT2D eigenvalue weighted by Crippen LogP contribution is 2.17. The van der Waals surface area contributed by atoms with Crippen LogP contribution in [0.3, 0.4) is 0 Å². The van der Waals surface area contributed by atoms with Crippen LogP contribution in [0.5, 0.6) is 0 Å². The van der Waals surface area contributed by atoms with Gasteiger partial charge in [0, 0.05) is 25.7 Å². The number of likely N-dealkylation sites (tertiary alicyclic amines) is 1. The van der Waals surface area contributed by atoms with Crippen molar-refractivity contribution in [2.24, 2.45) is 5.73 Å². The molecule has 110 valence electrons. The van der Waals surface area contributed by atoms with Gasteiger partial charge in [0.2, 0.25) is 5.91 Å². The van der Waals surface area contributed by atoms with E-state index in [1.54, 1.807) is 0 Å². The first-order valence-corrected chi connectivity index (χ1v) is 7.50. The Hall–Kier alpha value is -0.650. The molecule has 1 amide bonds. The third-order valence-corrected chi connectivity index (χ3v) is 4.01. The van der Waals surface area contributed by atoms with Gasteiger partial charge in [-0.25, -0.2) is 0 Å². The first-order chi connectivity index (χ1) is 9.31. The maximum atomic E-state index is 12.1. The second-order valence-electron chi connectivity index (χ2n) is 5.43. The lowest BCUT2D eigenvalue weighted by Crippen LogP contribution is -2.47. The summed E-state index contributed by atoms with van der Waals surface area (Å²) in [6.45, 7) is 3.38. The van der Waals surface area contributed by atoms with Crippen molar-refractivity contribution in [2.45, 2.75) is 50.7 Å². The first kappa shape index (κ1) is 14.8. The molecule has 0 aromatic heterocycles. The fourth-order valence-electron chi connectivity index (χ4n) is 2.87. The Labute approximate surface area is 115 Å². The summed E-state index contributed by atoms with van der Waals surface area (Å²) in [5.41, 5.74) is 5.73. The maximum absolute atomic E-state index is 12.1. The van der Waals surface area contributed by atoms with Crippen LogP contribution in [0.1, 0.15) is 38.5 Å². The maximum Gasteiger partial charge on any atom is 0.225 e. The molecule has 0 aromatic rings. The van der Waals surface area contributed by atoms with Crippen molar-refractivity contribution in [3.05, 3.63) is 0 Å². The molecule has 2 atom stereocenters. The summed E-state index contributed by atoms with van der Waals surface area (Å²) >= 11 is 0. The van der Waals surface area contributed by atoms with Crippen LogP contribution >= 0.6 is 0 Å². The molecular weight excluding hydrogens is 244 g/mol. The lowest BCUT2D eigenvalue weighted by molar-refractivity contribution is -0.136. The molecule has 0 radical (unpaired) electrons. The zero-order chi connectivity index (χ0) is 13.5. The van der Waals surface area contributed by atoms with E-state index in [2.05, 4.69) is 0 Å². The van der Waals surface area contributed by atoms with Gasteiger partial charge in [-0.1, -0.05) is 0 Å². The minimum atomic E-state index is 0.183. The third kappa shape index (κ3) is 4.44. The van der Waals surface area contributed by atoms with Gasteiger partial charge >= 0.3 is 0 Å². The zero-order valence-electron chi connectivity index (χ0n) is 11.7. The monoisotopic (exact) mass is 270 g/mol. The van der Waals surface area contributed by atoms with Crippen molar-refractivity contribution in [3.63, 3.8) is 0 Å². The summed E-state index contributed by atoms with van der Waals surface area (Å²) < 4.78 is 11.0. The van der Waals surface area contributed by atoms with Crippen LogP contribution in [0.4, 0.5) is 0 Å². The van der Waals surface area contributed by atoms with E-state index in [1.165, 1.54) is 6.42 Å². The van der Waals surface area contributed by atoms with Crippen molar-refractivity contribution in [1.29, 1.82) is 0 Å². The molecule has 0 spiro atoms. The van der Waals surface area contributed by atoms with Gasteiger partial charge in [-0.05, 0) is 32.1 Å². The Morgan fingerprint density at radius 3 is 2.95 bits per heavy atom. The van der Waals surface area contributed by atoms with Crippen molar-refractivity contribution >= 4 is 5.91 Å². The smallest absolute Gasteiger partial charge is 0.225 e. The van der Waals surface area contributed by atoms with Gasteiger partial charge in [-0.2, -0.15) is 0 Å². The van der Waals surface area contributed by atoms with Gasteiger partial charge in [0.05, 0.1) is 25.7 Å². The summed E-state index contributed by atoms with van der Waals surface area (Å²) in [7, 11) is 0. The minimum Gasteiger partial charge on any atom is -0.378 e. The van der Waals surface area contributed by atoms with Crippen molar-refractivity contribution in [2.75, 3.05) is 32.9 Å². The molecule has 2 N–H and O–H groups in total. The third-order valence-electron chi connectivity index (χ3n) is 4.01. The molecule has 2 saturated heterocycles. The lowest BCUT2D eigenvalue weighted by atomic mass is 10.0. The molecule has 2 fully saturated rings. The lowest BCUT2D eigenvalue weighted by Gasteiger charge is -2.35. The second kappa shape index (κ2) is 7.82. The average molecular weight is 270 g/mol. The number of amides is 1. The molecule has 0 aromatic carbocycles. The summed E-state index contributed by atoms with van der Waals surface area (Å²) in [6, 6.07) is 0.236. The molecular formula is C14H26N2O3. The molecule has 2 aliphatic heterocycles. The topological polar surface area (TPSA) is 64.8 Å². The number of carbonyl (C=O) groups is 1. The molecule has 0 saturated carbocycles. The number of carbonyl (C=O) groups excluding carboxylic acids is 1. The Balaban J connectivity index is 1.62. The number of nitrogens with two attached hydrogens (primary N) is 1. The van der Waals surface area contributed by atoms with Gasteiger partial charge in [-0.15, -0.1) is 0 Å². The van der Waals surface area contributed by atoms with Crippen LogP contribution in [-0.4, -0.2) is 55.9 Å². The van der Waals surface area contributed by atoms with Gasteiger partial charge in [0.1, 0.15) is 0 Å². The van der Waals surface area contributed by atoms with E-state index in [-0.39, 0.29) is 18.1 Å². The van der Waals surface area contributed by atoms with Crippen LogP contribution in [-0.2, 0) is 14.3 Å². The normalized spacial score (nSPS) is 27.7. The van der Waals surface area contributed by atoms with Gasteiger partial charge < -0.3 is 20.1 Å². The molecule has 0 bridgehead atoms. The number of nitrogens with zero attached hydrogens (tertiary/aromatic N) is 1. The van der Waals surface area contributed by atoms with Crippen LogP contribution < -0.4 is 5.73 Å². The average Bonchev–Trinajstić information content (AvgIpc) is 2.96. The summed E-state index contributed by atoms with van der Waals surface area (Å²) in [5, 5.41) is 0. The highest BCUT2D eigenvalue weighted by atomic mass is 16.5. The Morgan fingerprint density at radius 2 is 2.21 bits per heavy atom. The second-order valence-corrected chi connectivity index (χ2v) is 5.43. The standard InChI is InChI=1S/C14H26N2O3/c15-10-12-4-1-2-7-16(12)14(17)6-9-18-11-13-5-3-8-19-13/h12-13H,1-11,15H2. The predicted octanol–water partition coefficient (Wildman–Crippen LogP) is 0.912. The van der Waals surface area contributed by atoms with Gasteiger partial charge in [0.25, 0.3) is 0 Å². The largest absolute Gasteiger partial charge is 0.378 e. The fraction of sp³-hybridized carbons (Fsp3) is 0.929. The Bertz CT molecular complexity index is 280. The van der Waals surface area contributed by atoms with Crippen LogP contribution in [0.15, 0.2) is 0 Å². The molecule has 2 unspecified atom stereocenters. The first-order valence-electron chi connectivity index (χ1n) is 7.50. The summed E-state index contributed by atoms with van der Waals surface area (Å²) in [6.07, 6.45) is 6.22. The van der Waals surface area contributed by atoms with Crippen molar-refractivity contribution < 1.29 is 14.3 Å². The molecule has 19 heavy (non-hydrogen) atoms. The van der Waals surface area contributed by atoms with E-state index in [4.69, 9.17) is 15.2 Å². The predicted molar refractivity (Wildman–Crippen MR) is 72.8 cm³/mol. The number of hydrogen-bond acceptors (Lipinski definition) is 4. The SMILES string of the molecule is NCC1CCCCN1C(=O)CCOCC1CCCO1. The van der Waals surface area contributed by atoms with Crippen molar-refractivity contribution in [3.8, 4) is 0 Å². The molecule has 2 aliphatic rings. The van der Waals surface area contributed by atoms with E-state index >= 15 is 0 Å². The fourth-order valence-corrected chi connectivity index (χ4v) is 2.87. The van der Waals surface area contributed by atoms with E-state index < -0.39 is 0 Å². The van der Waals surface area contributed by atoms with Gasteiger partial charge in [0.15, 0.2) is 0 Å². The Morgan fingerprint density at radius 1 is 1.32 bits per heavy atom. The van der Waals surface area contributed by atoms with E-state index in [0.717, 1.165) is 38.8 Å². The number of piperidine rings is 1. The van der Waals surface area contributed by atoms with Gasteiger partial charge in [-0.3, -0.25) is 4.79 Å². The van der Waals surface area contributed by atoms with Crippen molar-refractivity contribution in [1.82, 2.24) is 4.90 Å². The molecule has 0 aliphatic carbocycles. The van der Waals surface area contributed by atoms with Crippen LogP contribution in [0.2, 0.25) is 0 Å². The Kier molecular flexibility index (Phi) is 6.07. The number of rotatable bonds is 6. The highest BCUT2D eigenvalue weighted by Gasteiger charge is 2.25. The number of ether oxygens (including phenoxy) is 2. The zero-order valence-corrected chi connectivity index (χ0v) is 11.7. The summed E-state index contributed by atoms with van der Waals surface area (Å²) in [5.74, 6) is 0.183. The van der Waals surface area contributed by atoms with Crippen LogP contribution in [0, 0.1) is 0 Å². The minimum absolute atomic E-state index is 0.183. The molecule has 5 nitrogen and oxygen atoms in total. The summed E-state index contributed by atoms with van der Waals surface area (Å²) in [4.78, 5) is 14.1. The van der Waals surface area contributed by atoms with Crippen LogP contribution in [0.25, 0.3) is 0 Å². The quantitative estimate of drug-likeness (QED) is 0.729. The van der Waals surface area contributed by atoms with E-state index in [1.807, 2.05) is 4.90 Å². The van der Waals surface area contributed by atoms with E-state index in [9.17, 15) is 4.79 Å². The molecule has 5 heteroatoms. The van der Waals surface area contributed by atoms with E-state index in [0.29, 0.717) is 26.2 Å². The molecule has 2 heterocycles. The molecule has 2 rings (SSSR count).